The molecule has 3 rings (SSSR count). The number of rotatable bonds is 5. The van der Waals surface area contributed by atoms with E-state index in [9.17, 15) is 13.5 Å². The van der Waals surface area contributed by atoms with Gasteiger partial charge in [0.1, 0.15) is 6.33 Å². The molecule has 1 aliphatic rings. The van der Waals surface area contributed by atoms with Crippen LogP contribution in [-0.2, 0) is 16.6 Å². The van der Waals surface area contributed by atoms with Crippen molar-refractivity contribution in [1.29, 1.82) is 0 Å². The molecule has 0 unspecified atom stereocenters. The molecule has 1 aromatic heterocycles. The van der Waals surface area contributed by atoms with Crippen molar-refractivity contribution in [3.63, 3.8) is 0 Å². The molecule has 9 heteroatoms. The Bertz CT molecular complexity index is 722. The van der Waals surface area contributed by atoms with Crippen LogP contribution in [0.15, 0.2) is 35.7 Å². The van der Waals surface area contributed by atoms with Crippen molar-refractivity contribution in [2.24, 2.45) is 0 Å². The predicted molar refractivity (Wildman–Crippen MR) is 84.3 cm³/mol. The fourth-order valence-electron chi connectivity index (χ4n) is 2.52. The zero-order chi connectivity index (χ0) is 16.3. The van der Waals surface area contributed by atoms with E-state index in [0.29, 0.717) is 0 Å². The first-order chi connectivity index (χ1) is 11.0. The van der Waals surface area contributed by atoms with Gasteiger partial charge in [-0.05, 0) is 30.5 Å². The van der Waals surface area contributed by atoms with Crippen LogP contribution in [0, 0.1) is 0 Å². The van der Waals surface area contributed by atoms with Gasteiger partial charge in [0.2, 0.25) is 0 Å². The average Bonchev–Trinajstić information content (AvgIpc) is 3.10. The molecule has 0 saturated carbocycles. The van der Waals surface area contributed by atoms with E-state index in [4.69, 9.17) is 0 Å². The topological polar surface area (TPSA) is 111 Å². The summed E-state index contributed by atoms with van der Waals surface area (Å²) in [4.78, 5) is 5.85. The zero-order valence-corrected chi connectivity index (χ0v) is 13.3. The summed E-state index contributed by atoms with van der Waals surface area (Å²) in [7, 11) is -3.67. The van der Waals surface area contributed by atoms with Crippen LogP contribution >= 0.6 is 0 Å². The maximum Gasteiger partial charge on any atom is 0.276 e. The first kappa shape index (κ1) is 15.9. The van der Waals surface area contributed by atoms with Crippen molar-refractivity contribution < 1.29 is 13.5 Å². The minimum absolute atomic E-state index is 0.183. The second-order valence-electron chi connectivity index (χ2n) is 5.50. The normalized spacial score (nSPS) is 16.7. The summed E-state index contributed by atoms with van der Waals surface area (Å²) in [6.45, 7) is 1.85. The van der Waals surface area contributed by atoms with Gasteiger partial charge in [-0.15, -0.1) is 0 Å². The van der Waals surface area contributed by atoms with Gasteiger partial charge in [-0.3, -0.25) is 0 Å². The van der Waals surface area contributed by atoms with E-state index < -0.39 is 10.0 Å². The SMILES string of the molecule is O=S(=O)(NCc1ccc(N2CCC(O)CC2)cc1)c1ncn[nH]1. The zero-order valence-electron chi connectivity index (χ0n) is 12.5. The Hall–Kier alpha value is -1.97. The van der Waals surface area contributed by atoms with Crippen molar-refractivity contribution in [3.05, 3.63) is 36.2 Å². The molecule has 0 spiro atoms. The van der Waals surface area contributed by atoms with E-state index in [-0.39, 0.29) is 17.8 Å². The van der Waals surface area contributed by atoms with Gasteiger partial charge in [0.15, 0.2) is 0 Å². The van der Waals surface area contributed by atoms with E-state index in [1.165, 1.54) is 0 Å². The van der Waals surface area contributed by atoms with E-state index >= 15 is 0 Å². The van der Waals surface area contributed by atoms with Crippen LogP contribution in [0.2, 0.25) is 0 Å². The van der Waals surface area contributed by atoms with E-state index in [0.717, 1.165) is 43.5 Å². The molecule has 3 N–H and O–H groups in total. The molecule has 2 aromatic rings. The largest absolute Gasteiger partial charge is 0.393 e. The number of nitrogens with zero attached hydrogens (tertiary/aromatic N) is 3. The van der Waals surface area contributed by atoms with Gasteiger partial charge < -0.3 is 10.0 Å². The molecule has 1 aliphatic heterocycles. The average molecular weight is 337 g/mol. The number of hydrogen-bond acceptors (Lipinski definition) is 6. The lowest BCUT2D eigenvalue weighted by molar-refractivity contribution is 0.145. The Morgan fingerprint density at radius 2 is 1.96 bits per heavy atom. The first-order valence-electron chi connectivity index (χ1n) is 7.41. The first-order valence-corrected chi connectivity index (χ1v) is 8.90. The Balaban J connectivity index is 1.60. The van der Waals surface area contributed by atoms with Crippen molar-refractivity contribution >= 4 is 15.7 Å². The highest BCUT2D eigenvalue weighted by Gasteiger charge is 2.18. The maximum atomic E-state index is 11.9. The fraction of sp³-hybridized carbons (Fsp3) is 0.429. The molecule has 1 aromatic carbocycles. The Morgan fingerprint density at radius 3 is 2.57 bits per heavy atom. The molecular weight excluding hydrogens is 318 g/mol. The number of H-pyrrole nitrogens is 1. The molecule has 1 fully saturated rings. The number of benzene rings is 1. The fourth-order valence-corrected chi connectivity index (χ4v) is 3.37. The van der Waals surface area contributed by atoms with E-state index in [1.54, 1.807) is 0 Å². The summed E-state index contributed by atoms with van der Waals surface area (Å²) in [6.07, 6.45) is 2.51. The third kappa shape index (κ3) is 3.87. The van der Waals surface area contributed by atoms with Gasteiger partial charge in [0.25, 0.3) is 15.2 Å². The minimum Gasteiger partial charge on any atom is -0.393 e. The summed E-state index contributed by atoms with van der Waals surface area (Å²) < 4.78 is 26.3. The highest BCUT2D eigenvalue weighted by molar-refractivity contribution is 7.89. The lowest BCUT2D eigenvalue weighted by atomic mass is 10.1. The molecule has 23 heavy (non-hydrogen) atoms. The quantitative estimate of drug-likeness (QED) is 0.721. The van der Waals surface area contributed by atoms with Gasteiger partial charge in [0.05, 0.1) is 6.10 Å². The smallest absolute Gasteiger partial charge is 0.276 e. The molecular formula is C14H19N5O3S. The molecule has 0 radical (unpaired) electrons. The third-order valence-electron chi connectivity index (χ3n) is 3.88. The van der Waals surface area contributed by atoms with Crippen LogP contribution in [0.5, 0.6) is 0 Å². The second-order valence-corrected chi connectivity index (χ2v) is 7.18. The van der Waals surface area contributed by atoms with Crippen LogP contribution in [0.3, 0.4) is 0 Å². The molecule has 2 heterocycles. The number of piperidine rings is 1. The second kappa shape index (κ2) is 6.65. The number of nitrogens with one attached hydrogen (secondary N) is 2. The van der Waals surface area contributed by atoms with Gasteiger partial charge in [0, 0.05) is 25.3 Å². The van der Waals surface area contributed by atoms with Gasteiger partial charge in [-0.25, -0.2) is 23.2 Å². The molecule has 0 aliphatic carbocycles. The Morgan fingerprint density at radius 1 is 1.26 bits per heavy atom. The highest BCUT2D eigenvalue weighted by atomic mass is 32.2. The van der Waals surface area contributed by atoms with Crippen LogP contribution in [0.1, 0.15) is 18.4 Å². The lowest BCUT2D eigenvalue weighted by Crippen LogP contribution is -2.35. The molecule has 0 atom stereocenters. The van der Waals surface area contributed by atoms with Crippen LogP contribution < -0.4 is 9.62 Å². The van der Waals surface area contributed by atoms with Crippen LogP contribution in [0.25, 0.3) is 0 Å². The predicted octanol–water partition coefficient (Wildman–Crippen LogP) is 0.244. The maximum absolute atomic E-state index is 11.9. The van der Waals surface area contributed by atoms with Crippen molar-refractivity contribution in [1.82, 2.24) is 19.9 Å². The number of anilines is 1. The van der Waals surface area contributed by atoms with Gasteiger partial charge in [-0.2, -0.15) is 5.10 Å². The number of aromatic nitrogens is 3. The van der Waals surface area contributed by atoms with E-state index in [2.05, 4.69) is 24.8 Å². The highest BCUT2D eigenvalue weighted by Crippen LogP contribution is 2.20. The summed E-state index contributed by atoms with van der Waals surface area (Å²) in [5, 5.41) is 15.2. The van der Waals surface area contributed by atoms with Crippen LogP contribution in [-0.4, -0.2) is 47.9 Å². The summed E-state index contributed by atoms with van der Waals surface area (Å²) >= 11 is 0. The molecule has 124 valence electrons. The number of aliphatic hydroxyl groups excluding tert-OH is 1. The number of hydrogen-bond donors (Lipinski definition) is 3. The minimum atomic E-state index is -3.67. The lowest BCUT2D eigenvalue weighted by Gasteiger charge is -2.31. The Labute approximate surface area is 134 Å². The van der Waals surface area contributed by atoms with Crippen LogP contribution in [0.4, 0.5) is 5.69 Å². The summed E-state index contributed by atoms with van der Waals surface area (Å²) in [6, 6.07) is 7.72. The Kier molecular flexibility index (Phi) is 4.60. The van der Waals surface area contributed by atoms with Gasteiger partial charge >= 0.3 is 0 Å². The standard InChI is InChI=1S/C14H19N5O3S/c20-13-5-7-19(8-6-13)12-3-1-11(2-4-12)9-17-23(21,22)14-15-10-16-18-14/h1-4,10,13,17,20H,5-9H2,(H,15,16,18). The van der Waals surface area contributed by atoms with Gasteiger partial charge in [-0.1, -0.05) is 12.1 Å². The molecule has 0 amide bonds. The number of aromatic amines is 1. The monoisotopic (exact) mass is 337 g/mol. The van der Waals surface area contributed by atoms with Crippen molar-refractivity contribution in [3.8, 4) is 0 Å². The van der Waals surface area contributed by atoms with Crippen molar-refractivity contribution in [2.75, 3.05) is 18.0 Å². The number of aliphatic hydroxyl groups is 1. The third-order valence-corrected chi connectivity index (χ3v) is 5.11. The summed E-state index contributed by atoms with van der Waals surface area (Å²) in [5.74, 6) is 0. The molecule has 0 bridgehead atoms. The van der Waals surface area contributed by atoms with Crippen molar-refractivity contribution in [2.45, 2.75) is 30.6 Å². The molecule has 1 saturated heterocycles. The molecule has 8 nitrogen and oxygen atoms in total. The number of sulfonamides is 1. The van der Waals surface area contributed by atoms with E-state index in [1.807, 2.05) is 24.3 Å². The summed E-state index contributed by atoms with van der Waals surface area (Å²) in [5.41, 5.74) is 1.94.